The fourth-order valence-corrected chi connectivity index (χ4v) is 4.10. The zero-order valence-electron chi connectivity index (χ0n) is 16.9. The number of halogens is 3. The van der Waals surface area contributed by atoms with E-state index in [9.17, 15) is 26.4 Å². The van der Waals surface area contributed by atoms with Gasteiger partial charge >= 0.3 is 6.18 Å². The van der Waals surface area contributed by atoms with E-state index in [0.29, 0.717) is 11.3 Å². The fraction of sp³-hybridized carbons (Fsp3) is 0.286. The van der Waals surface area contributed by atoms with Gasteiger partial charge in [0.25, 0.3) is 0 Å². The Kier molecular flexibility index (Phi) is 6.42. The molecule has 0 atom stereocenters. The van der Waals surface area contributed by atoms with Crippen LogP contribution in [0.2, 0.25) is 0 Å². The van der Waals surface area contributed by atoms with Gasteiger partial charge in [0.1, 0.15) is 0 Å². The van der Waals surface area contributed by atoms with Crippen LogP contribution >= 0.6 is 0 Å². The second-order valence-corrected chi connectivity index (χ2v) is 9.13. The van der Waals surface area contributed by atoms with Crippen LogP contribution in [-0.4, -0.2) is 34.5 Å². The SMILES string of the molecule is CN(C)c1ccc(C(F)(F)F)cc1NC(=O)C=Cc1ccc(S(=O)(=O)NC2CC2)cc1. The van der Waals surface area contributed by atoms with Gasteiger partial charge in [0.15, 0.2) is 0 Å². The van der Waals surface area contributed by atoms with E-state index in [2.05, 4.69) is 10.0 Å². The number of amides is 1. The molecule has 1 fully saturated rings. The molecule has 3 rings (SSSR count). The molecule has 0 aliphatic heterocycles. The van der Waals surface area contributed by atoms with Crippen LogP contribution in [-0.2, 0) is 21.0 Å². The van der Waals surface area contributed by atoms with E-state index in [-0.39, 0.29) is 16.6 Å². The van der Waals surface area contributed by atoms with Gasteiger partial charge in [0, 0.05) is 26.2 Å². The molecule has 0 bridgehead atoms. The predicted molar refractivity (Wildman–Crippen MR) is 113 cm³/mol. The first-order chi connectivity index (χ1) is 14.5. The third kappa shape index (κ3) is 6.08. The van der Waals surface area contributed by atoms with Crippen molar-refractivity contribution < 1.29 is 26.4 Å². The number of nitrogens with one attached hydrogen (secondary N) is 2. The molecule has 31 heavy (non-hydrogen) atoms. The minimum Gasteiger partial charge on any atom is -0.376 e. The quantitative estimate of drug-likeness (QED) is 0.624. The third-order valence-electron chi connectivity index (χ3n) is 4.58. The van der Waals surface area contributed by atoms with E-state index in [0.717, 1.165) is 25.0 Å². The Bertz CT molecular complexity index is 1090. The molecule has 6 nitrogen and oxygen atoms in total. The summed E-state index contributed by atoms with van der Waals surface area (Å²) in [5.41, 5.74) is 0.154. The number of rotatable bonds is 7. The standard InChI is InChI=1S/C21H22F3N3O3S/c1-27(2)19-11-6-15(21(22,23)24)13-18(19)25-20(28)12-5-14-3-9-17(10-4-14)31(29,30)26-16-7-8-16/h3-6,9-13,16,26H,7-8H2,1-2H3,(H,25,28). The second kappa shape index (κ2) is 8.72. The van der Waals surface area contributed by atoms with Gasteiger partial charge in [-0.1, -0.05) is 12.1 Å². The molecular formula is C21H22F3N3O3S. The van der Waals surface area contributed by atoms with Gasteiger partial charge in [-0.3, -0.25) is 4.79 Å². The van der Waals surface area contributed by atoms with Crippen LogP contribution in [0.25, 0.3) is 6.08 Å². The summed E-state index contributed by atoms with van der Waals surface area (Å²) in [7, 11) is -0.256. The van der Waals surface area contributed by atoms with Gasteiger partial charge in [-0.2, -0.15) is 13.2 Å². The smallest absolute Gasteiger partial charge is 0.376 e. The van der Waals surface area contributed by atoms with Gasteiger partial charge in [-0.05, 0) is 54.8 Å². The van der Waals surface area contributed by atoms with Crippen molar-refractivity contribution in [1.82, 2.24) is 4.72 Å². The van der Waals surface area contributed by atoms with Crippen molar-refractivity contribution in [1.29, 1.82) is 0 Å². The number of hydrogen-bond donors (Lipinski definition) is 2. The number of carbonyl (C=O) groups excluding carboxylic acids is 1. The highest BCUT2D eigenvalue weighted by molar-refractivity contribution is 7.89. The zero-order chi connectivity index (χ0) is 22.8. The van der Waals surface area contributed by atoms with Crippen molar-refractivity contribution in [3.63, 3.8) is 0 Å². The Labute approximate surface area is 178 Å². The number of hydrogen-bond acceptors (Lipinski definition) is 4. The van der Waals surface area contributed by atoms with Crippen molar-refractivity contribution in [2.45, 2.75) is 30.0 Å². The summed E-state index contributed by atoms with van der Waals surface area (Å²) in [4.78, 5) is 14.0. The van der Waals surface area contributed by atoms with Gasteiger partial charge < -0.3 is 10.2 Å². The molecule has 2 aromatic carbocycles. The molecule has 10 heteroatoms. The maximum absolute atomic E-state index is 13.0. The molecule has 2 N–H and O–H groups in total. The lowest BCUT2D eigenvalue weighted by Crippen LogP contribution is -2.25. The number of sulfonamides is 1. The van der Waals surface area contributed by atoms with Gasteiger partial charge in [0.05, 0.1) is 21.8 Å². The minimum absolute atomic E-state index is 0.00354. The highest BCUT2D eigenvalue weighted by Gasteiger charge is 2.31. The first-order valence-electron chi connectivity index (χ1n) is 9.46. The first kappa shape index (κ1) is 22.8. The molecule has 1 amide bonds. The summed E-state index contributed by atoms with van der Waals surface area (Å²) in [6, 6.07) is 9.07. The summed E-state index contributed by atoms with van der Waals surface area (Å²) < 4.78 is 65.9. The Balaban J connectivity index is 1.71. The zero-order valence-corrected chi connectivity index (χ0v) is 17.7. The van der Waals surface area contributed by atoms with Gasteiger partial charge in [-0.25, -0.2) is 13.1 Å². The van der Waals surface area contributed by atoms with E-state index in [1.165, 1.54) is 30.4 Å². The average molecular weight is 453 g/mol. The molecule has 0 aromatic heterocycles. The molecule has 1 saturated carbocycles. The number of carbonyl (C=O) groups is 1. The summed E-state index contributed by atoms with van der Waals surface area (Å²) in [5.74, 6) is -0.616. The monoisotopic (exact) mass is 453 g/mol. The summed E-state index contributed by atoms with van der Waals surface area (Å²) in [6.07, 6.45) is -0.252. The van der Waals surface area contributed by atoms with Crippen molar-refractivity contribution in [3.8, 4) is 0 Å². The summed E-state index contributed by atoms with van der Waals surface area (Å²) >= 11 is 0. The summed E-state index contributed by atoms with van der Waals surface area (Å²) in [5, 5.41) is 2.47. The first-order valence-corrected chi connectivity index (χ1v) is 10.9. The Hall–Kier alpha value is -2.85. The normalized spacial score (nSPS) is 14.6. The number of alkyl halides is 3. The van der Waals surface area contributed by atoms with Gasteiger partial charge in [-0.15, -0.1) is 0 Å². The van der Waals surface area contributed by atoms with Crippen LogP contribution in [0.4, 0.5) is 24.5 Å². The number of anilines is 2. The van der Waals surface area contributed by atoms with Crippen LogP contribution in [0.15, 0.2) is 53.4 Å². The second-order valence-electron chi connectivity index (χ2n) is 7.41. The number of benzene rings is 2. The van der Waals surface area contributed by atoms with Crippen molar-refractivity contribution in [2.75, 3.05) is 24.3 Å². The maximum Gasteiger partial charge on any atom is 0.416 e. The lowest BCUT2D eigenvalue weighted by Gasteiger charge is -2.19. The molecule has 0 spiro atoms. The van der Waals surface area contributed by atoms with Gasteiger partial charge in [0.2, 0.25) is 15.9 Å². The van der Waals surface area contributed by atoms with Crippen LogP contribution in [0.5, 0.6) is 0 Å². The topological polar surface area (TPSA) is 78.5 Å². The average Bonchev–Trinajstić information content (AvgIpc) is 3.49. The largest absolute Gasteiger partial charge is 0.416 e. The van der Waals surface area contributed by atoms with Crippen molar-refractivity contribution in [2.24, 2.45) is 0 Å². The van der Waals surface area contributed by atoms with E-state index >= 15 is 0 Å². The van der Waals surface area contributed by atoms with Crippen LogP contribution in [0.3, 0.4) is 0 Å². The van der Waals surface area contributed by atoms with E-state index in [1.54, 1.807) is 31.1 Å². The Morgan fingerprint density at radius 2 is 1.74 bits per heavy atom. The van der Waals surface area contributed by atoms with Crippen molar-refractivity contribution in [3.05, 3.63) is 59.7 Å². The molecular weight excluding hydrogens is 431 g/mol. The minimum atomic E-state index is -4.53. The predicted octanol–water partition coefficient (Wildman–Crippen LogP) is 3.86. The summed E-state index contributed by atoms with van der Waals surface area (Å²) in [6.45, 7) is 0. The molecule has 0 unspecified atom stereocenters. The third-order valence-corrected chi connectivity index (χ3v) is 6.12. The lowest BCUT2D eigenvalue weighted by molar-refractivity contribution is -0.137. The van der Waals surface area contributed by atoms with Crippen molar-refractivity contribution >= 4 is 33.4 Å². The van der Waals surface area contributed by atoms with E-state index in [1.807, 2.05) is 0 Å². The highest BCUT2D eigenvalue weighted by Crippen LogP contribution is 2.35. The highest BCUT2D eigenvalue weighted by atomic mass is 32.2. The van der Waals surface area contributed by atoms with Crippen LogP contribution in [0, 0.1) is 0 Å². The molecule has 0 saturated heterocycles. The molecule has 1 aliphatic rings. The van der Waals surface area contributed by atoms with E-state index in [4.69, 9.17) is 0 Å². The fourth-order valence-electron chi connectivity index (χ4n) is 2.80. The Morgan fingerprint density at radius 3 is 2.29 bits per heavy atom. The molecule has 166 valence electrons. The molecule has 0 radical (unpaired) electrons. The van der Waals surface area contributed by atoms with Crippen LogP contribution < -0.4 is 14.9 Å². The van der Waals surface area contributed by atoms with E-state index < -0.39 is 27.7 Å². The molecule has 2 aromatic rings. The Morgan fingerprint density at radius 1 is 1.10 bits per heavy atom. The molecule has 1 aliphatic carbocycles. The maximum atomic E-state index is 13.0. The van der Waals surface area contributed by atoms with Crippen LogP contribution in [0.1, 0.15) is 24.0 Å². The molecule has 0 heterocycles. The lowest BCUT2D eigenvalue weighted by atomic mass is 10.1. The number of nitrogens with zero attached hydrogens (tertiary/aromatic N) is 1.